The van der Waals surface area contributed by atoms with E-state index in [-0.39, 0.29) is 0 Å². The van der Waals surface area contributed by atoms with Gasteiger partial charge in [-0.3, -0.25) is 9.47 Å². The van der Waals surface area contributed by atoms with Gasteiger partial charge in [0.05, 0.1) is 11.5 Å². The zero-order chi connectivity index (χ0) is 17.4. The Balaban J connectivity index is 1.57. The number of benzene rings is 1. The van der Waals surface area contributed by atoms with E-state index in [1.807, 2.05) is 16.8 Å². The standard InChI is InChI=1S/C18H19ClN4S2/c1-21(11-13-4-6-14(19)7-5-13)12-22-18(24)23(15-8-9-15)17(20-22)16-3-2-10-25-16/h2-7,10,15H,8-9,11-12H2,1H3. The summed E-state index contributed by atoms with van der Waals surface area (Å²) < 4.78 is 4.99. The minimum Gasteiger partial charge on any atom is -0.296 e. The monoisotopic (exact) mass is 390 g/mol. The molecule has 1 aliphatic carbocycles. The fraction of sp³-hybridized carbons (Fsp3) is 0.333. The molecule has 0 N–H and O–H groups in total. The third-order valence-electron chi connectivity index (χ3n) is 4.27. The minimum absolute atomic E-state index is 0.514. The zero-order valence-electron chi connectivity index (χ0n) is 13.9. The Morgan fingerprint density at radius 1 is 1.28 bits per heavy atom. The third-order valence-corrected chi connectivity index (χ3v) is 5.79. The normalized spacial score (nSPS) is 14.4. The predicted octanol–water partition coefficient (Wildman–Crippen LogP) is 5.22. The first-order valence-electron chi connectivity index (χ1n) is 8.28. The molecule has 2 heterocycles. The largest absolute Gasteiger partial charge is 0.296 e. The van der Waals surface area contributed by atoms with Crippen molar-refractivity contribution in [3.05, 3.63) is 57.1 Å². The highest BCUT2D eigenvalue weighted by Gasteiger charge is 2.29. The van der Waals surface area contributed by atoms with Gasteiger partial charge in [-0.2, -0.15) is 0 Å². The molecule has 0 amide bonds. The molecule has 0 radical (unpaired) electrons. The van der Waals surface area contributed by atoms with Crippen LogP contribution in [0.2, 0.25) is 5.02 Å². The van der Waals surface area contributed by atoms with Crippen molar-refractivity contribution < 1.29 is 0 Å². The minimum atomic E-state index is 0.514. The molecular weight excluding hydrogens is 372 g/mol. The fourth-order valence-corrected chi connectivity index (χ4v) is 4.09. The molecule has 1 aliphatic rings. The molecule has 1 aromatic carbocycles. The molecular formula is C18H19ClN4S2. The van der Waals surface area contributed by atoms with Crippen LogP contribution in [0.3, 0.4) is 0 Å². The molecule has 0 atom stereocenters. The second kappa shape index (κ2) is 7.03. The number of hydrogen-bond acceptors (Lipinski definition) is 4. The zero-order valence-corrected chi connectivity index (χ0v) is 16.3. The van der Waals surface area contributed by atoms with Gasteiger partial charge in [-0.05, 0) is 61.2 Å². The van der Waals surface area contributed by atoms with E-state index < -0.39 is 0 Å². The van der Waals surface area contributed by atoms with Crippen molar-refractivity contribution in [2.45, 2.75) is 32.1 Å². The molecule has 0 aliphatic heterocycles. The topological polar surface area (TPSA) is 26.0 Å². The molecule has 3 aromatic rings. The van der Waals surface area contributed by atoms with Crippen LogP contribution >= 0.6 is 35.2 Å². The summed E-state index contributed by atoms with van der Waals surface area (Å²) in [6.07, 6.45) is 2.39. The van der Waals surface area contributed by atoms with E-state index in [1.54, 1.807) is 11.3 Å². The molecule has 1 fully saturated rings. The lowest BCUT2D eigenvalue weighted by Crippen LogP contribution is -2.22. The van der Waals surface area contributed by atoms with Gasteiger partial charge in [-0.25, -0.2) is 4.68 Å². The van der Waals surface area contributed by atoms with Crippen molar-refractivity contribution in [3.63, 3.8) is 0 Å². The van der Waals surface area contributed by atoms with Crippen LogP contribution in [0.1, 0.15) is 24.4 Å². The van der Waals surface area contributed by atoms with E-state index in [9.17, 15) is 0 Å². The van der Waals surface area contributed by atoms with Crippen LogP contribution in [0.5, 0.6) is 0 Å². The van der Waals surface area contributed by atoms with Crippen molar-refractivity contribution in [1.29, 1.82) is 0 Å². The van der Waals surface area contributed by atoms with Gasteiger partial charge >= 0.3 is 0 Å². The SMILES string of the molecule is CN(Cc1ccc(Cl)cc1)Cn1nc(-c2cccs2)n(C2CC2)c1=S. The summed E-state index contributed by atoms with van der Waals surface area (Å²) in [5, 5.41) is 7.68. The third kappa shape index (κ3) is 3.72. The van der Waals surface area contributed by atoms with Crippen LogP contribution in [0.25, 0.3) is 10.7 Å². The van der Waals surface area contributed by atoms with Crippen LogP contribution in [-0.2, 0) is 13.2 Å². The summed E-state index contributed by atoms with van der Waals surface area (Å²) in [6.45, 7) is 1.49. The lowest BCUT2D eigenvalue weighted by molar-refractivity contribution is 0.244. The van der Waals surface area contributed by atoms with Gasteiger partial charge in [-0.15, -0.1) is 16.4 Å². The summed E-state index contributed by atoms with van der Waals surface area (Å²) in [5.41, 5.74) is 1.22. The fourth-order valence-electron chi connectivity index (χ4n) is 2.93. The van der Waals surface area contributed by atoms with Crippen molar-refractivity contribution in [2.24, 2.45) is 0 Å². The van der Waals surface area contributed by atoms with Gasteiger partial charge < -0.3 is 0 Å². The highest BCUT2D eigenvalue weighted by Crippen LogP contribution is 2.39. The Morgan fingerprint density at radius 3 is 2.68 bits per heavy atom. The summed E-state index contributed by atoms with van der Waals surface area (Å²) >= 11 is 13.4. The van der Waals surface area contributed by atoms with E-state index >= 15 is 0 Å². The summed E-state index contributed by atoms with van der Waals surface area (Å²) in [6, 6.07) is 12.6. The number of halogens is 1. The number of hydrogen-bond donors (Lipinski definition) is 0. The average Bonchev–Trinajstić information content (AvgIpc) is 3.17. The van der Waals surface area contributed by atoms with Gasteiger partial charge in [0.1, 0.15) is 0 Å². The maximum Gasteiger partial charge on any atom is 0.199 e. The van der Waals surface area contributed by atoms with Gasteiger partial charge in [-0.1, -0.05) is 29.8 Å². The summed E-state index contributed by atoms with van der Waals surface area (Å²) in [7, 11) is 2.08. The number of aromatic nitrogens is 3. The van der Waals surface area contributed by atoms with Crippen LogP contribution in [0.15, 0.2) is 41.8 Å². The van der Waals surface area contributed by atoms with Crippen molar-refractivity contribution in [2.75, 3.05) is 7.05 Å². The first kappa shape index (κ1) is 17.0. The smallest absolute Gasteiger partial charge is 0.199 e. The van der Waals surface area contributed by atoms with Gasteiger partial charge in [0, 0.05) is 17.6 Å². The van der Waals surface area contributed by atoms with E-state index in [0.29, 0.717) is 12.7 Å². The lowest BCUT2D eigenvalue weighted by Gasteiger charge is -2.16. The number of nitrogens with zero attached hydrogens (tertiary/aromatic N) is 4. The molecule has 130 valence electrons. The maximum absolute atomic E-state index is 5.96. The van der Waals surface area contributed by atoms with E-state index in [4.69, 9.17) is 28.9 Å². The van der Waals surface area contributed by atoms with Gasteiger partial charge in [0.25, 0.3) is 0 Å². The Bertz CT molecular complexity index is 908. The maximum atomic E-state index is 5.96. The molecule has 7 heteroatoms. The van der Waals surface area contributed by atoms with E-state index in [0.717, 1.165) is 22.2 Å². The first-order chi connectivity index (χ1) is 12.1. The Kier molecular flexibility index (Phi) is 4.78. The van der Waals surface area contributed by atoms with Gasteiger partial charge in [0.2, 0.25) is 0 Å². The highest BCUT2D eigenvalue weighted by molar-refractivity contribution is 7.71. The van der Waals surface area contributed by atoms with Crippen molar-refractivity contribution >= 4 is 35.2 Å². The Hall–Kier alpha value is -1.47. The van der Waals surface area contributed by atoms with Crippen LogP contribution < -0.4 is 0 Å². The summed E-state index contributed by atoms with van der Waals surface area (Å²) in [5.74, 6) is 1.00. The second-order valence-electron chi connectivity index (χ2n) is 6.47. The molecule has 4 nitrogen and oxygen atoms in total. The molecule has 0 unspecified atom stereocenters. The van der Waals surface area contributed by atoms with E-state index in [1.165, 1.54) is 23.3 Å². The number of rotatable bonds is 6. The van der Waals surface area contributed by atoms with Crippen molar-refractivity contribution in [1.82, 2.24) is 19.2 Å². The Morgan fingerprint density at radius 2 is 2.04 bits per heavy atom. The van der Waals surface area contributed by atoms with E-state index in [2.05, 4.69) is 46.2 Å². The predicted molar refractivity (Wildman–Crippen MR) is 106 cm³/mol. The first-order valence-corrected chi connectivity index (χ1v) is 9.94. The van der Waals surface area contributed by atoms with Crippen LogP contribution in [0, 0.1) is 4.77 Å². The molecule has 0 saturated heterocycles. The number of thiophene rings is 1. The van der Waals surface area contributed by atoms with Crippen LogP contribution in [-0.4, -0.2) is 26.3 Å². The highest BCUT2D eigenvalue weighted by atomic mass is 35.5. The molecule has 0 bridgehead atoms. The summed E-state index contributed by atoms with van der Waals surface area (Å²) in [4.78, 5) is 3.39. The quantitative estimate of drug-likeness (QED) is 0.539. The lowest BCUT2D eigenvalue weighted by atomic mass is 10.2. The second-order valence-corrected chi connectivity index (χ2v) is 8.22. The average molecular weight is 391 g/mol. The molecule has 0 spiro atoms. The Labute approximate surface area is 161 Å². The molecule has 2 aromatic heterocycles. The molecule has 4 rings (SSSR count). The van der Waals surface area contributed by atoms with Crippen molar-refractivity contribution in [3.8, 4) is 10.7 Å². The molecule has 1 saturated carbocycles. The van der Waals surface area contributed by atoms with Gasteiger partial charge in [0.15, 0.2) is 10.6 Å². The molecule has 25 heavy (non-hydrogen) atoms. The van der Waals surface area contributed by atoms with Crippen LogP contribution in [0.4, 0.5) is 0 Å².